The quantitative estimate of drug-likeness (QED) is 0.861. The first-order chi connectivity index (χ1) is 11.6. The second-order valence-electron chi connectivity index (χ2n) is 5.96. The molecular formula is C16H20N6O2. The summed E-state index contributed by atoms with van der Waals surface area (Å²) >= 11 is 0. The molecule has 1 saturated carbocycles. The monoisotopic (exact) mass is 328 g/mol. The molecule has 8 nitrogen and oxygen atoms in total. The Balaban J connectivity index is 1.68. The minimum absolute atomic E-state index is 0.191. The summed E-state index contributed by atoms with van der Waals surface area (Å²) in [7, 11) is 0. The Labute approximate surface area is 139 Å². The lowest BCUT2D eigenvalue weighted by Crippen LogP contribution is -2.47. The highest BCUT2D eigenvalue weighted by Crippen LogP contribution is 2.28. The first kappa shape index (κ1) is 16.1. The molecule has 2 amide bonds. The van der Waals surface area contributed by atoms with Gasteiger partial charge in [-0.15, -0.1) is 0 Å². The molecule has 1 aliphatic carbocycles. The Morgan fingerprint density at radius 2 is 2.08 bits per heavy atom. The SMILES string of the molecule is CC(=O)NC(C(=O)Nc1ccc(-n2cncn2)nc1)C1CCCC1. The summed E-state index contributed by atoms with van der Waals surface area (Å²) in [5, 5.41) is 9.62. The van der Waals surface area contributed by atoms with Crippen molar-refractivity contribution in [3.63, 3.8) is 0 Å². The third-order valence-corrected chi connectivity index (χ3v) is 4.18. The van der Waals surface area contributed by atoms with Gasteiger partial charge in [-0.2, -0.15) is 5.10 Å². The highest BCUT2D eigenvalue weighted by molar-refractivity contribution is 5.97. The molecule has 1 atom stereocenters. The van der Waals surface area contributed by atoms with Crippen LogP contribution in [0.3, 0.4) is 0 Å². The minimum Gasteiger partial charge on any atom is -0.344 e. The van der Waals surface area contributed by atoms with E-state index in [1.165, 1.54) is 17.9 Å². The van der Waals surface area contributed by atoms with Crippen LogP contribution >= 0.6 is 0 Å². The van der Waals surface area contributed by atoms with Crippen LogP contribution in [0.25, 0.3) is 5.82 Å². The molecule has 1 fully saturated rings. The van der Waals surface area contributed by atoms with Gasteiger partial charge in [0, 0.05) is 6.92 Å². The standard InChI is InChI=1S/C16H20N6O2/c1-11(23)20-15(12-4-2-3-5-12)16(24)21-13-6-7-14(18-8-13)22-10-17-9-19-22/h6-10,12,15H,2-5H2,1H3,(H,20,23)(H,21,24). The van der Waals surface area contributed by atoms with Crippen molar-refractivity contribution in [2.45, 2.75) is 38.6 Å². The number of nitrogens with one attached hydrogen (secondary N) is 2. The second-order valence-corrected chi connectivity index (χ2v) is 5.96. The van der Waals surface area contributed by atoms with E-state index in [0.29, 0.717) is 11.5 Å². The average molecular weight is 328 g/mol. The molecular weight excluding hydrogens is 308 g/mol. The minimum atomic E-state index is -0.500. The van der Waals surface area contributed by atoms with Gasteiger partial charge in [0.2, 0.25) is 11.8 Å². The van der Waals surface area contributed by atoms with Crippen molar-refractivity contribution >= 4 is 17.5 Å². The molecule has 2 N–H and O–H groups in total. The maximum Gasteiger partial charge on any atom is 0.247 e. The molecule has 0 bridgehead atoms. The Morgan fingerprint density at radius 1 is 1.29 bits per heavy atom. The molecule has 0 spiro atoms. The Hall–Kier alpha value is -2.77. The van der Waals surface area contributed by atoms with Crippen molar-refractivity contribution < 1.29 is 9.59 Å². The van der Waals surface area contributed by atoms with Crippen LogP contribution < -0.4 is 10.6 Å². The van der Waals surface area contributed by atoms with Gasteiger partial charge in [0.05, 0.1) is 11.9 Å². The Morgan fingerprint density at radius 3 is 2.67 bits per heavy atom. The summed E-state index contributed by atoms with van der Waals surface area (Å²) in [5.74, 6) is 0.407. The van der Waals surface area contributed by atoms with Crippen LogP contribution in [0.4, 0.5) is 5.69 Å². The van der Waals surface area contributed by atoms with E-state index in [9.17, 15) is 9.59 Å². The van der Waals surface area contributed by atoms with E-state index >= 15 is 0 Å². The van der Waals surface area contributed by atoms with E-state index in [2.05, 4.69) is 25.7 Å². The molecule has 1 unspecified atom stereocenters. The molecule has 126 valence electrons. The zero-order valence-corrected chi connectivity index (χ0v) is 13.5. The van der Waals surface area contributed by atoms with Crippen LogP contribution in [0.15, 0.2) is 31.0 Å². The first-order valence-electron chi connectivity index (χ1n) is 8.02. The fraction of sp³-hybridized carbons (Fsp3) is 0.438. The Bertz CT molecular complexity index is 692. The van der Waals surface area contributed by atoms with Crippen LogP contribution in [0, 0.1) is 5.92 Å². The number of amides is 2. The molecule has 24 heavy (non-hydrogen) atoms. The first-order valence-corrected chi connectivity index (χ1v) is 8.02. The molecule has 2 heterocycles. The molecule has 0 radical (unpaired) electrons. The Kier molecular flexibility index (Phi) is 4.83. The summed E-state index contributed by atoms with van der Waals surface area (Å²) in [6.45, 7) is 1.43. The van der Waals surface area contributed by atoms with E-state index in [0.717, 1.165) is 25.7 Å². The number of rotatable bonds is 5. The van der Waals surface area contributed by atoms with Crippen molar-refractivity contribution in [2.75, 3.05) is 5.32 Å². The van der Waals surface area contributed by atoms with E-state index in [1.807, 2.05) is 0 Å². The van der Waals surface area contributed by atoms with Crippen LogP contribution in [-0.2, 0) is 9.59 Å². The number of hydrogen-bond acceptors (Lipinski definition) is 5. The molecule has 2 aromatic rings. The van der Waals surface area contributed by atoms with Gasteiger partial charge in [-0.25, -0.2) is 14.6 Å². The molecule has 8 heteroatoms. The van der Waals surface area contributed by atoms with Gasteiger partial charge in [0.15, 0.2) is 5.82 Å². The van der Waals surface area contributed by atoms with Gasteiger partial charge in [-0.3, -0.25) is 9.59 Å². The van der Waals surface area contributed by atoms with E-state index in [1.54, 1.807) is 24.7 Å². The summed E-state index contributed by atoms with van der Waals surface area (Å²) in [6.07, 6.45) is 8.66. The number of aromatic nitrogens is 4. The number of carbonyl (C=O) groups is 2. The highest BCUT2D eigenvalue weighted by atomic mass is 16.2. The lowest BCUT2D eigenvalue weighted by atomic mass is 9.97. The summed E-state index contributed by atoms with van der Waals surface area (Å²) < 4.78 is 1.53. The van der Waals surface area contributed by atoms with Gasteiger partial charge in [-0.1, -0.05) is 12.8 Å². The number of anilines is 1. The molecule has 3 rings (SSSR count). The van der Waals surface area contributed by atoms with Gasteiger partial charge < -0.3 is 10.6 Å². The van der Waals surface area contributed by atoms with Crippen LogP contribution in [0.5, 0.6) is 0 Å². The predicted molar refractivity (Wildman–Crippen MR) is 87.3 cm³/mol. The third kappa shape index (κ3) is 3.76. The van der Waals surface area contributed by atoms with Crippen molar-refractivity contribution in [3.8, 4) is 5.82 Å². The fourth-order valence-corrected chi connectivity index (χ4v) is 3.05. The van der Waals surface area contributed by atoms with E-state index in [-0.39, 0.29) is 17.7 Å². The maximum atomic E-state index is 12.6. The van der Waals surface area contributed by atoms with Crippen molar-refractivity contribution in [2.24, 2.45) is 5.92 Å². The van der Waals surface area contributed by atoms with Crippen molar-refractivity contribution in [1.82, 2.24) is 25.1 Å². The number of hydrogen-bond donors (Lipinski definition) is 2. The van der Waals surface area contributed by atoms with Crippen LogP contribution in [-0.4, -0.2) is 37.6 Å². The summed E-state index contributed by atoms with van der Waals surface area (Å²) in [6, 6.07) is 2.99. The molecule has 0 aliphatic heterocycles. The van der Waals surface area contributed by atoms with Gasteiger partial charge in [-0.05, 0) is 30.9 Å². The summed E-state index contributed by atoms with van der Waals surface area (Å²) in [5.41, 5.74) is 0.581. The van der Waals surface area contributed by atoms with E-state index in [4.69, 9.17) is 0 Å². The van der Waals surface area contributed by atoms with Gasteiger partial charge >= 0.3 is 0 Å². The zero-order chi connectivity index (χ0) is 16.9. The van der Waals surface area contributed by atoms with Crippen molar-refractivity contribution in [1.29, 1.82) is 0 Å². The van der Waals surface area contributed by atoms with Crippen LogP contribution in [0.2, 0.25) is 0 Å². The lowest BCUT2D eigenvalue weighted by Gasteiger charge is -2.23. The highest BCUT2D eigenvalue weighted by Gasteiger charge is 2.31. The molecule has 0 aromatic carbocycles. The molecule has 1 aliphatic rings. The smallest absolute Gasteiger partial charge is 0.247 e. The van der Waals surface area contributed by atoms with Gasteiger partial charge in [0.1, 0.15) is 18.7 Å². The van der Waals surface area contributed by atoms with E-state index < -0.39 is 6.04 Å². The predicted octanol–water partition coefficient (Wildman–Crippen LogP) is 1.30. The summed E-state index contributed by atoms with van der Waals surface area (Å²) in [4.78, 5) is 32.1. The number of nitrogens with zero attached hydrogens (tertiary/aromatic N) is 4. The second kappa shape index (κ2) is 7.20. The normalized spacial score (nSPS) is 15.9. The average Bonchev–Trinajstić information content (AvgIpc) is 3.26. The number of carbonyl (C=O) groups excluding carboxylic acids is 2. The third-order valence-electron chi connectivity index (χ3n) is 4.18. The zero-order valence-electron chi connectivity index (χ0n) is 13.5. The van der Waals surface area contributed by atoms with Gasteiger partial charge in [0.25, 0.3) is 0 Å². The largest absolute Gasteiger partial charge is 0.344 e. The molecule has 2 aromatic heterocycles. The topological polar surface area (TPSA) is 102 Å². The van der Waals surface area contributed by atoms with Crippen molar-refractivity contribution in [3.05, 3.63) is 31.0 Å². The fourth-order valence-electron chi connectivity index (χ4n) is 3.05. The number of pyridine rings is 1. The lowest BCUT2D eigenvalue weighted by molar-refractivity contribution is -0.126. The molecule has 0 saturated heterocycles. The van der Waals surface area contributed by atoms with Crippen LogP contribution in [0.1, 0.15) is 32.6 Å². The maximum absolute atomic E-state index is 12.6.